The summed E-state index contributed by atoms with van der Waals surface area (Å²) in [5.74, 6) is 1.59. The third-order valence-electron chi connectivity index (χ3n) is 5.80. The van der Waals surface area contributed by atoms with Crippen LogP contribution in [0.4, 0.5) is 0 Å². The first-order valence-corrected chi connectivity index (χ1v) is 7.78. The summed E-state index contributed by atoms with van der Waals surface area (Å²) < 4.78 is 0. The molecule has 2 saturated carbocycles. The molecule has 0 radical (unpaired) electrons. The van der Waals surface area contributed by atoms with Crippen LogP contribution in [0.3, 0.4) is 0 Å². The zero-order chi connectivity index (χ0) is 13.6. The van der Waals surface area contributed by atoms with Gasteiger partial charge in [-0.25, -0.2) is 0 Å². The smallest absolute Gasteiger partial charge is 0.227 e. The number of amides is 1. The molecule has 2 N–H and O–H groups in total. The molecule has 0 aromatic heterocycles. The second-order valence-electron chi connectivity index (χ2n) is 6.93. The summed E-state index contributed by atoms with van der Waals surface area (Å²) in [6.07, 6.45) is 6.12. The van der Waals surface area contributed by atoms with Crippen LogP contribution >= 0.6 is 0 Å². The number of nitrogens with two attached hydrogens (primary N) is 1. The molecule has 2 aliphatic carbocycles. The lowest BCUT2D eigenvalue weighted by atomic mass is 9.84. The lowest BCUT2D eigenvalue weighted by Crippen LogP contribution is -2.48. The first-order valence-electron chi connectivity index (χ1n) is 7.78. The van der Waals surface area contributed by atoms with Crippen molar-refractivity contribution in [1.29, 1.82) is 0 Å². The Morgan fingerprint density at radius 2 is 2.05 bits per heavy atom. The van der Waals surface area contributed by atoms with Gasteiger partial charge in [0.1, 0.15) is 0 Å². The summed E-state index contributed by atoms with van der Waals surface area (Å²) in [5.41, 5.74) is 6.28. The molecule has 4 nitrogen and oxygen atoms in total. The minimum Gasteiger partial charge on any atom is -0.344 e. The van der Waals surface area contributed by atoms with Gasteiger partial charge in [-0.15, -0.1) is 0 Å². The van der Waals surface area contributed by atoms with E-state index in [-0.39, 0.29) is 12.0 Å². The van der Waals surface area contributed by atoms with Gasteiger partial charge in [-0.1, -0.05) is 0 Å². The van der Waals surface area contributed by atoms with Crippen molar-refractivity contribution in [1.82, 2.24) is 9.80 Å². The van der Waals surface area contributed by atoms with Gasteiger partial charge in [0.15, 0.2) is 0 Å². The normalized spacial score (nSPS) is 41.9. The van der Waals surface area contributed by atoms with Crippen LogP contribution in [0.25, 0.3) is 0 Å². The van der Waals surface area contributed by atoms with Gasteiger partial charge in [0.2, 0.25) is 5.91 Å². The van der Waals surface area contributed by atoms with Crippen molar-refractivity contribution in [3.8, 4) is 0 Å². The second kappa shape index (κ2) is 5.06. The standard InChI is InChI=1S/C15H27N3O/c1-17-7-3-4-12(17)9-18(2)15(19)13-10-5-6-11(8-10)14(13)16/h10-14H,3-9,16H2,1-2H3. The number of likely N-dealkylation sites (tertiary alicyclic amines) is 1. The van der Waals surface area contributed by atoms with Crippen molar-refractivity contribution in [3.05, 3.63) is 0 Å². The van der Waals surface area contributed by atoms with Crippen molar-refractivity contribution in [2.75, 3.05) is 27.2 Å². The van der Waals surface area contributed by atoms with Gasteiger partial charge in [0.25, 0.3) is 0 Å². The van der Waals surface area contributed by atoms with Crippen molar-refractivity contribution in [2.24, 2.45) is 23.5 Å². The van der Waals surface area contributed by atoms with E-state index < -0.39 is 0 Å². The van der Waals surface area contributed by atoms with Crippen LogP contribution in [-0.4, -0.2) is 55.0 Å². The Morgan fingerprint density at radius 1 is 1.32 bits per heavy atom. The quantitative estimate of drug-likeness (QED) is 0.825. The molecule has 1 amide bonds. The van der Waals surface area contributed by atoms with Crippen molar-refractivity contribution < 1.29 is 4.79 Å². The minimum absolute atomic E-state index is 0.107. The van der Waals surface area contributed by atoms with Gasteiger partial charge in [-0.3, -0.25) is 4.79 Å². The van der Waals surface area contributed by atoms with E-state index >= 15 is 0 Å². The minimum atomic E-state index is 0.107. The van der Waals surface area contributed by atoms with Crippen LogP contribution in [0, 0.1) is 17.8 Å². The third-order valence-corrected chi connectivity index (χ3v) is 5.80. The molecule has 0 aromatic rings. The third kappa shape index (κ3) is 2.29. The van der Waals surface area contributed by atoms with E-state index in [4.69, 9.17) is 5.73 Å². The molecule has 3 rings (SSSR count). The summed E-state index contributed by atoms with van der Waals surface area (Å²) in [5, 5.41) is 0. The van der Waals surface area contributed by atoms with E-state index in [2.05, 4.69) is 11.9 Å². The predicted molar refractivity (Wildman–Crippen MR) is 75.6 cm³/mol. The fourth-order valence-electron chi connectivity index (χ4n) is 4.57. The topological polar surface area (TPSA) is 49.6 Å². The molecule has 5 atom stereocenters. The summed E-state index contributed by atoms with van der Waals surface area (Å²) in [6.45, 7) is 2.04. The van der Waals surface area contributed by atoms with Crippen LogP contribution in [0.15, 0.2) is 0 Å². The molecule has 5 unspecified atom stereocenters. The number of nitrogens with zero attached hydrogens (tertiary/aromatic N) is 2. The molecule has 1 heterocycles. The number of hydrogen-bond acceptors (Lipinski definition) is 3. The number of fused-ring (bicyclic) bond motifs is 2. The zero-order valence-electron chi connectivity index (χ0n) is 12.2. The van der Waals surface area contributed by atoms with Crippen LogP contribution in [0.1, 0.15) is 32.1 Å². The predicted octanol–water partition coefficient (Wildman–Crippen LogP) is 0.912. The van der Waals surface area contributed by atoms with Gasteiger partial charge in [-0.2, -0.15) is 0 Å². The first-order chi connectivity index (χ1) is 9.08. The molecular formula is C15H27N3O. The van der Waals surface area contributed by atoms with E-state index in [9.17, 15) is 4.79 Å². The highest BCUT2D eigenvalue weighted by Gasteiger charge is 2.49. The van der Waals surface area contributed by atoms with E-state index in [0.29, 0.717) is 23.8 Å². The molecule has 1 aliphatic heterocycles. The number of hydrogen-bond donors (Lipinski definition) is 1. The SMILES string of the molecule is CN(CC1CCCN1C)C(=O)C1C2CCC(C2)C1N. The number of carbonyl (C=O) groups is 1. The Bertz CT molecular complexity index is 357. The summed E-state index contributed by atoms with van der Waals surface area (Å²) in [7, 11) is 4.13. The molecule has 0 aromatic carbocycles. The molecule has 1 saturated heterocycles. The summed E-state index contributed by atoms with van der Waals surface area (Å²) in [6, 6.07) is 0.666. The maximum absolute atomic E-state index is 12.7. The maximum Gasteiger partial charge on any atom is 0.227 e. The van der Waals surface area contributed by atoms with Gasteiger partial charge in [-0.05, 0) is 57.5 Å². The fraction of sp³-hybridized carbons (Fsp3) is 0.933. The Hall–Kier alpha value is -0.610. The van der Waals surface area contributed by atoms with Gasteiger partial charge >= 0.3 is 0 Å². The Labute approximate surface area is 116 Å². The van der Waals surface area contributed by atoms with E-state index in [1.165, 1.54) is 38.6 Å². The highest BCUT2D eigenvalue weighted by Crippen LogP contribution is 2.48. The first kappa shape index (κ1) is 13.4. The van der Waals surface area contributed by atoms with Crippen molar-refractivity contribution >= 4 is 5.91 Å². The Balaban J connectivity index is 1.60. The van der Waals surface area contributed by atoms with Crippen LogP contribution in [0.2, 0.25) is 0 Å². The molecule has 4 heteroatoms. The molecule has 108 valence electrons. The number of rotatable bonds is 3. The van der Waals surface area contributed by atoms with E-state index in [1.54, 1.807) is 0 Å². The van der Waals surface area contributed by atoms with E-state index in [0.717, 1.165) is 6.54 Å². The molecule has 3 aliphatic rings. The number of likely N-dealkylation sites (N-methyl/N-ethyl adjacent to an activating group) is 2. The average molecular weight is 265 g/mol. The largest absolute Gasteiger partial charge is 0.344 e. The molecule has 19 heavy (non-hydrogen) atoms. The molecule has 3 fully saturated rings. The molecule has 0 spiro atoms. The van der Waals surface area contributed by atoms with Crippen LogP contribution in [-0.2, 0) is 4.79 Å². The van der Waals surface area contributed by atoms with Crippen LogP contribution in [0.5, 0.6) is 0 Å². The van der Waals surface area contributed by atoms with Gasteiger partial charge in [0.05, 0.1) is 5.92 Å². The Morgan fingerprint density at radius 3 is 2.63 bits per heavy atom. The maximum atomic E-state index is 12.7. The second-order valence-corrected chi connectivity index (χ2v) is 6.93. The van der Waals surface area contributed by atoms with E-state index in [1.807, 2.05) is 11.9 Å². The molecular weight excluding hydrogens is 238 g/mol. The van der Waals surface area contributed by atoms with Crippen LogP contribution < -0.4 is 5.73 Å². The lowest BCUT2D eigenvalue weighted by molar-refractivity contribution is -0.137. The highest BCUT2D eigenvalue weighted by molar-refractivity contribution is 5.80. The molecule has 2 bridgehead atoms. The average Bonchev–Trinajstić information content (AvgIpc) is 3.06. The summed E-state index contributed by atoms with van der Waals surface area (Å²) >= 11 is 0. The lowest BCUT2D eigenvalue weighted by Gasteiger charge is -2.33. The Kier molecular flexibility index (Phi) is 3.56. The monoisotopic (exact) mass is 265 g/mol. The van der Waals surface area contributed by atoms with Gasteiger partial charge < -0.3 is 15.5 Å². The summed E-state index contributed by atoms with van der Waals surface area (Å²) in [4.78, 5) is 17.0. The highest BCUT2D eigenvalue weighted by atomic mass is 16.2. The zero-order valence-corrected chi connectivity index (χ0v) is 12.2. The fourth-order valence-corrected chi connectivity index (χ4v) is 4.57. The van der Waals surface area contributed by atoms with Crippen molar-refractivity contribution in [3.63, 3.8) is 0 Å². The van der Waals surface area contributed by atoms with Crippen molar-refractivity contribution in [2.45, 2.75) is 44.2 Å². The number of carbonyl (C=O) groups excluding carboxylic acids is 1. The van der Waals surface area contributed by atoms with Gasteiger partial charge in [0, 0.05) is 25.7 Å².